The Kier molecular flexibility index (Phi) is 6.18. The van der Waals surface area contributed by atoms with Gasteiger partial charge in [0.2, 0.25) is 0 Å². The number of carbonyl (C=O) groups is 2. The average Bonchev–Trinajstić information content (AvgIpc) is 2.73. The number of piperazine rings is 1. The lowest BCUT2D eigenvalue weighted by Crippen LogP contribution is -2.49. The lowest BCUT2D eigenvalue weighted by molar-refractivity contribution is -0.384. The van der Waals surface area contributed by atoms with Gasteiger partial charge >= 0.3 is 5.97 Å². The normalized spacial score (nSPS) is 13.8. The van der Waals surface area contributed by atoms with Crippen molar-refractivity contribution < 1.29 is 24.4 Å². The van der Waals surface area contributed by atoms with E-state index in [9.17, 15) is 24.8 Å². The van der Waals surface area contributed by atoms with Crippen LogP contribution in [0.5, 0.6) is 5.75 Å². The SMILES string of the molecule is O=C(OCC(=O)N1CCN(c2ccc([N+](=O)[O-])cc2)CC1)c1cc(Cl)ccc1O. The zero-order chi connectivity index (χ0) is 21.0. The Bertz CT molecular complexity index is 926. The molecule has 0 atom stereocenters. The summed E-state index contributed by atoms with van der Waals surface area (Å²) in [6, 6.07) is 10.2. The minimum Gasteiger partial charge on any atom is -0.507 e. The molecule has 2 aromatic carbocycles. The Morgan fingerprint density at radius 1 is 1.10 bits per heavy atom. The van der Waals surface area contributed by atoms with Crippen LogP contribution >= 0.6 is 11.6 Å². The van der Waals surface area contributed by atoms with E-state index in [0.717, 1.165) is 5.69 Å². The number of nitrogens with zero attached hydrogens (tertiary/aromatic N) is 3. The van der Waals surface area contributed by atoms with Gasteiger partial charge in [-0.25, -0.2) is 4.79 Å². The van der Waals surface area contributed by atoms with Crippen LogP contribution in [0.3, 0.4) is 0 Å². The summed E-state index contributed by atoms with van der Waals surface area (Å²) >= 11 is 5.80. The molecule has 9 nitrogen and oxygen atoms in total. The number of aromatic hydroxyl groups is 1. The van der Waals surface area contributed by atoms with Crippen molar-refractivity contribution in [1.82, 2.24) is 4.90 Å². The Hall–Kier alpha value is -3.33. The maximum Gasteiger partial charge on any atom is 0.342 e. The molecule has 29 heavy (non-hydrogen) atoms. The van der Waals surface area contributed by atoms with Crippen LogP contribution in [0.25, 0.3) is 0 Å². The molecular formula is C19H18ClN3O6. The fourth-order valence-corrected chi connectivity index (χ4v) is 3.14. The molecule has 0 aliphatic carbocycles. The highest BCUT2D eigenvalue weighted by atomic mass is 35.5. The number of rotatable bonds is 5. The number of anilines is 1. The quantitative estimate of drug-likeness (QED) is 0.450. The van der Waals surface area contributed by atoms with Crippen molar-refractivity contribution in [3.05, 3.63) is 63.2 Å². The molecule has 1 aliphatic rings. The molecule has 152 valence electrons. The van der Waals surface area contributed by atoms with E-state index >= 15 is 0 Å². The number of hydrogen-bond acceptors (Lipinski definition) is 7. The molecule has 1 fully saturated rings. The number of non-ortho nitro benzene ring substituents is 1. The number of nitro benzene ring substituents is 1. The molecule has 10 heteroatoms. The smallest absolute Gasteiger partial charge is 0.342 e. The first kappa shape index (κ1) is 20.4. The van der Waals surface area contributed by atoms with E-state index in [-0.39, 0.29) is 27.9 Å². The van der Waals surface area contributed by atoms with Gasteiger partial charge in [0, 0.05) is 49.0 Å². The molecule has 0 saturated carbocycles. The number of halogens is 1. The predicted molar refractivity (Wildman–Crippen MR) is 105 cm³/mol. The van der Waals surface area contributed by atoms with Crippen LogP contribution in [0.15, 0.2) is 42.5 Å². The molecule has 0 unspecified atom stereocenters. The highest BCUT2D eigenvalue weighted by molar-refractivity contribution is 6.31. The van der Waals surface area contributed by atoms with E-state index in [4.69, 9.17) is 16.3 Å². The fraction of sp³-hybridized carbons (Fsp3) is 0.263. The number of ether oxygens (including phenoxy) is 1. The largest absolute Gasteiger partial charge is 0.507 e. The highest BCUT2D eigenvalue weighted by Gasteiger charge is 2.23. The topological polar surface area (TPSA) is 113 Å². The molecule has 3 rings (SSSR count). The molecule has 1 heterocycles. The third-order valence-electron chi connectivity index (χ3n) is 4.56. The van der Waals surface area contributed by atoms with Crippen LogP contribution in [0.1, 0.15) is 10.4 Å². The molecule has 0 aromatic heterocycles. The average molecular weight is 420 g/mol. The van der Waals surface area contributed by atoms with Crippen LogP contribution in [0.4, 0.5) is 11.4 Å². The van der Waals surface area contributed by atoms with Crippen molar-refractivity contribution >= 4 is 34.9 Å². The Morgan fingerprint density at radius 3 is 2.38 bits per heavy atom. The van der Waals surface area contributed by atoms with E-state index in [0.29, 0.717) is 26.2 Å². The number of carbonyl (C=O) groups excluding carboxylic acids is 2. The number of nitro groups is 1. The number of benzene rings is 2. The number of hydrogen-bond donors (Lipinski definition) is 1. The summed E-state index contributed by atoms with van der Waals surface area (Å²) in [6.45, 7) is 1.51. The number of esters is 1. The van der Waals surface area contributed by atoms with Gasteiger partial charge in [-0.2, -0.15) is 0 Å². The molecule has 0 radical (unpaired) electrons. The van der Waals surface area contributed by atoms with Crippen molar-refractivity contribution in [3.63, 3.8) is 0 Å². The van der Waals surface area contributed by atoms with Crippen molar-refractivity contribution in [1.29, 1.82) is 0 Å². The third-order valence-corrected chi connectivity index (χ3v) is 4.80. The van der Waals surface area contributed by atoms with Crippen LogP contribution in [-0.2, 0) is 9.53 Å². The summed E-state index contributed by atoms with van der Waals surface area (Å²) < 4.78 is 5.00. The van der Waals surface area contributed by atoms with E-state index in [1.54, 1.807) is 17.0 Å². The van der Waals surface area contributed by atoms with Gasteiger partial charge in [-0.1, -0.05) is 11.6 Å². The Balaban J connectivity index is 1.50. The van der Waals surface area contributed by atoms with E-state index in [1.807, 2.05) is 4.90 Å². The minimum atomic E-state index is -0.831. The lowest BCUT2D eigenvalue weighted by atomic mass is 10.2. The minimum absolute atomic E-state index is 0.0233. The molecule has 2 aromatic rings. The van der Waals surface area contributed by atoms with Crippen LogP contribution < -0.4 is 4.90 Å². The molecule has 0 bridgehead atoms. The van der Waals surface area contributed by atoms with Gasteiger partial charge in [-0.15, -0.1) is 0 Å². The predicted octanol–water partition coefficient (Wildman–Crippen LogP) is 2.46. The molecule has 1 saturated heterocycles. The lowest BCUT2D eigenvalue weighted by Gasteiger charge is -2.36. The number of phenols is 1. The molecule has 1 N–H and O–H groups in total. The maximum atomic E-state index is 12.3. The van der Waals surface area contributed by atoms with E-state index < -0.39 is 17.5 Å². The summed E-state index contributed by atoms with van der Waals surface area (Å²) in [5, 5.41) is 20.7. The fourth-order valence-electron chi connectivity index (χ4n) is 2.97. The van der Waals surface area contributed by atoms with Crippen LogP contribution in [-0.4, -0.2) is 59.6 Å². The van der Waals surface area contributed by atoms with Gasteiger partial charge in [0.05, 0.1) is 4.92 Å². The van der Waals surface area contributed by atoms with Gasteiger partial charge in [-0.05, 0) is 30.3 Å². The monoisotopic (exact) mass is 419 g/mol. The van der Waals surface area contributed by atoms with Crippen molar-refractivity contribution in [3.8, 4) is 5.75 Å². The van der Waals surface area contributed by atoms with Gasteiger partial charge in [-0.3, -0.25) is 14.9 Å². The van der Waals surface area contributed by atoms with Crippen molar-refractivity contribution in [2.24, 2.45) is 0 Å². The van der Waals surface area contributed by atoms with Crippen LogP contribution in [0, 0.1) is 10.1 Å². The van der Waals surface area contributed by atoms with Gasteiger partial charge in [0.25, 0.3) is 11.6 Å². The van der Waals surface area contributed by atoms with E-state index in [2.05, 4.69) is 0 Å². The summed E-state index contributed by atoms with van der Waals surface area (Å²) in [5.41, 5.74) is 0.758. The highest BCUT2D eigenvalue weighted by Crippen LogP contribution is 2.23. The summed E-state index contributed by atoms with van der Waals surface area (Å²) in [4.78, 5) is 38.2. The second-order valence-electron chi connectivity index (χ2n) is 6.38. The Morgan fingerprint density at radius 2 is 1.76 bits per heavy atom. The molecule has 1 aliphatic heterocycles. The van der Waals surface area contributed by atoms with Gasteiger partial charge < -0.3 is 19.6 Å². The van der Waals surface area contributed by atoms with Gasteiger partial charge in [0.1, 0.15) is 11.3 Å². The number of amides is 1. The molecule has 0 spiro atoms. The first-order valence-electron chi connectivity index (χ1n) is 8.78. The number of phenolic OH excluding ortho intramolecular Hbond substituents is 1. The zero-order valence-electron chi connectivity index (χ0n) is 15.3. The zero-order valence-corrected chi connectivity index (χ0v) is 16.0. The first-order valence-corrected chi connectivity index (χ1v) is 9.16. The van der Waals surface area contributed by atoms with Crippen molar-refractivity contribution in [2.75, 3.05) is 37.7 Å². The first-order chi connectivity index (χ1) is 13.8. The van der Waals surface area contributed by atoms with Gasteiger partial charge in [0.15, 0.2) is 6.61 Å². The second-order valence-corrected chi connectivity index (χ2v) is 6.82. The third kappa shape index (κ3) is 4.94. The summed E-state index contributed by atoms with van der Waals surface area (Å²) in [5.74, 6) is -1.45. The van der Waals surface area contributed by atoms with Crippen molar-refractivity contribution in [2.45, 2.75) is 0 Å². The second kappa shape index (κ2) is 8.78. The Labute approximate surface area is 171 Å². The standard InChI is InChI=1S/C19H18ClN3O6/c20-13-1-6-17(24)16(11-13)19(26)29-12-18(25)22-9-7-21(8-10-22)14-2-4-15(5-3-14)23(27)28/h1-6,11,24H,7-10,12H2. The molecule has 1 amide bonds. The maximum absolute atomic E-state index is 12.3. The van der Waals surface area contributed by atoms with Crippen LogP contribution in [0.2, 0.25) is 5.02 Å². The molecular weight excluding hydrogens is 402 g/mol. The summed E-state index contributed by atoms with van der Waals surface area (Å²) in [7, 11) is 0. The summed E-state index contributed by atoms with van der Waals surface area (Å²) in [6.07, 6.45) is 0. The van der Waals surface area contributed by atoms with E-state index in [1.165, 1.54) is 30.3 Å².